The topological polar surface area (TPSA) is 77.1 Å². The molecular weight excluding hydrogens is 348 g/mol. The minimum atomic E-state index is -0.496. The first-order chi connectivity index (χ1) is 12.8. The molecule has 0 spiro atoms. The highest BCUT2D eigenvalue weighted by molar-refractivity contribution is 5.77. The van der Waals surface area contributed by atoms with Crippen molar-refractivity contribution in [1.82, 2.24) is 10.2 Å². The molecule has 1 saturated heterocycles. The molecule has 0 saturated carbocycles. The van der Waals surface area contributed by atoms with Gasteiger partial charge in [0.2, 0.25) is 5.91 Å². The Labute approximate surface area is 161 Å². The first-order valence-electron chi connectivity index (χ1n) is 9.36. The number of hydrogen-bond acceptors (Lipinski definition) is 5. The Morgan fingerprint density at radius 1 is 1.11 bits per heavy atom. The predicted molar refractivity (Wildman–Crippen MR) is 102 cm³/mol. The summed E-state index contributed by atoms with van der Waals surface area (Å²) in [5.74, 6) is 0.632. The molecule has 1 aromatic carbocycles. The van der Waals surface area contributed by atoms with E-state index >= 15 is 0 Å². The molecule has 0 radical (unpaired) electrons. The number of likely N-dealkylation sites (tertiary alicyclic amines) is 1. The molecule has 1 aromatic rings. The fourth-order valence-electron chi connectivity index (χ4n) is 2.70. The number of amides is 2. The maximum atomic E-state index is 12.0. The molecule has 7 heteroatoms. The van der Waals surface area contributed by atoms with Crippen LogP contribution in [0.25, 0.3) is 0 Å². The number of benzene rings is 1. The Morgan fingerprint density at radius 2 is 1.78 bits per heavy atom. The lowest BCUT2D eigenvalue weighted by Gasteiger charge is -2.33. The van der Waals surface area contributed by atoms with Gasteiger partial charge in [0.25, 0.3) is 0 Å². The van der Waals surface area contributed by atoms with E-state index in [-0.39, 0.29) is 24.6 Å². The second kappa shape index (κ2) is 10.2. The minimum absolute atomic E-state index is 0.00439. The molecule has 1 aliphatic rings. The van der Waals surface area contributed by atoms with Gasteiger partial charge in [-0.3, -0.25) is 4.79 Å². The van der Waals surface area contributed by atoms with E-state index in [0.717, 1.165) is 5.75 Å². The van der Waals surface area contributed by atoms with E-state index in [1.165, 1.54) is 0 Å². The van der Waals surface area contributed by atoms with Gasteiger partial charge in [-0.2, -0.15) is 0 Å². The maximum absolute atomic E-state index is 12.0. The van der Waals surface area contributed by atoms with Crippen LogP contribution in [-0.2, 0) is 14.3 Å². The lowest BCUT2D eigenvalue weighted by atomic mass is 10.1. The molecule has 0 aromatic heterocycles. The molecule has 1 N–H and O–H groups in total. The van der Waals surface area contributed by atoms with Crippen molar-refractivity contribution >= 4 is 12.0 Å². The lowest BCUT2D eigenvalue weighted by Crippen LogP contribution is -2.48. The van der Waals surface area contributed by atoms with Gasteiger partial charge in [-0.05, 0) is 45.7 Å². The van der Waals surface area contributed by atoms with Gasteiger partial charge < -0.3 is 24.4 Å². The SMILES string of the molecule is CC(C)(C)OC(=O)N1CCC(NC(=O)COCCOc2ccccc2)CC1. The number of ether oxygens (including phenoxy) is 3. The highest BCUT2D eigenvalue weighted by Crippen LogP contribution is 2.15. The van der Waals surface area contributed by atoms with Crippen molar-refractivity contribution < 1.29 is 23.8 Å². The van der Waals surface area contributed by atoms with Crippen molar-refractivity contribution in [2.24, 2.45) is 0 Å². The average molecular weight is 378 g/mol. The molecule has 0 aliphatic carbocycles. The van der Waals surface area contributed by atoms with Gasteiger partial charge in [0.15, 0.2) is 0 Å². The van der Waals surface area contributed by atoms with Crippen LogP contribution in [0, 0.1) is 0 Å². The third-order valence-corrected chi connectivity index (χ3v) is 3.98. The first kappa shape index (κ1) is 21.0. The maximum Gasteiger partial charge on any atom is 0.410 e. The summed E-state index contributed by atoms with van der Waals surface area (Å²) in [7, 11) is 0. The molecule has 27 heavy (non-hydrogen) atoms. The zero-order chi connectivity index (χ0) is 19.7. The number of nitrogens with one attached hydrogen (secondary N) is 1. The van der Waals surface area contributed by atoms with E-state index in [1.54, 1.807) is 4.90 Å². The fourth-order valence-corrected chi connectivity index (χ4v) is 2.70. The number of para-hydroxylation sites is 1. The first-order valence-corrected chi connectivity index (χ1v) is 9.36. The normalized spacial score (nSPS) is 15.3. The summed E-state index contributed by atoms with van der Waals surface area (Å²) in [5, 5.41) is 2.95. The summed E-state index contributed by atoms with van der Waals surface area (Å²) in [4.78, 5) is 25.7. The smallest absolute Gasteiger partial charge is 0.410 e. The summed E-state index contributed by atoms with van der Waals surface area (Å²) in [6.07, 6.45) is 1.12. The van der Waals surface area contributed by atoms with E-state index in [2.05, 4.69) is 5.32 Å². The van der Waals surface area contributed by atoms with E-state index in [1.807, 2.05) is 51.1 Å². The van der Waals surface area contributed by atoms with E-state index in [0.29, 0.717) is 39.1 Å². The monoisotopic (exact) mass is 378 g/mol. The van der Waals surface area contributed by atoms with E-state index < -0.39 is 5.60 Å². The standard InChI is InChI=1S/C20H30N2O5/c1-20(2,3)27-19(24)22-11-9-16(10-12-22)21-18(23)15-25-13-14-26-17-7-5-4-6-8-17/h4-8,16H,9-15H2,1-3H3,(H,21,23). The average Bonchev–Trinajstić information content (AvgIpc) is 2.61. The predicted octanol–water partition coefficient (Wildman–Crippen LogP) is 2.60. The number of piperidine rings is 1. The third kappa shape index (κ3) is 8.30. The Kier molecular flexibility index (Phi) is 7.91. The molecule has 0 atom stereocenters. The van der Waals surface area contributed by atoms with Gasteiger partial charge in [-0.1, -0.05) is 18.2 Å². The molecule has 150 valence electrons. The highest BCUT2D eigenvalue weighted by Gasteiger charge is 2.27. The highest BCUT2D eigenvalue weighted by atomic mass is 16.6. The van der Waals surface area contributed by atoms with E-state index in [9.17, 15) is 9.59 Å². The number of hydrogen-bond donors (Lipinski definition) is 1. The zero-order valence-corrected chi connectivity index (χ0v) is 16.4. The summed E-state index contributed by atoms with van der Waals surface area (Å²) in [6.45, 7) is 7.45. The molecule has 1 fully saturated rings. The largest absolute Gasteiger partial charge is 0.491 e. The van der Waals surface area contributed by atoms with Crippen molar-refractivity contribution in [2.45, 2.75) is 45.3 Å². The van der Waals surface area contributed by atoms with Crippen LogP contribution in [-0.4, -0.2) is 61.5 Å². The van der Waals surface area contributed by atoms with Crippen LogP contribution >= 0.6 is 0 Å². The lowest BCUT2D eigenvalue weighted by molar-refractivity contribution is -0.126. The zero-order valence-electron chi connectivity index (χ0n) is 16.4. The molecule has 1 heterocycles. The van der Waals surface area contributed by atoms with Crippen LogP contribution in [0.1, 0.15) is 33.6 Å². The van der Waals surface area contributed by atoms with Gasteiger partial charge >= 0.3 is 6.09 Å². The quantitative estimate of drug-likeness (QED) is 0.738. The van der Waals surface area contributed by atoms with Crippen molar-refractivity contribution in [2.75, 3.05) is 32.9 Å². The van der Waals surface area contributed by atoms with Crippen LogP contribution in [0.15, 0.2) is 30.3 Å². The van der Waals surface area contributed by atoms with Gasteiger partial charge in [0, 0.05) is 19.1 Å². The number of carbonyl (C=O) groups excluding carboxylic acids is 2. The van der Waals surface area contributed by atoms with Crippen molar-refractivity contribution in [3.63, 3.8) is 0 Å². The number of carbonyl (C=O) groups is 2. The molecule has 0 unspecified atom stereocenters. The number of rotatable bonds is 7. The van der Waals surface area contributed by atoms with Crippen LogP contribution in [0.2, 0.25) is 0 Å². The fraction of sp³-hybridized carbons (Fsp3) is 0.600. The van der Waals surface area contributed by atoms with Crippen LogP contribution < -0.4 is 10.1 Å². The second-order valence-corrected chi connectivity index (χ2v) is 7.52. The summed E-state index contributed by atoms with van der Waals surface area (Å²) < 4.78 is 16.2. The Balaban J connectivity index is 1.56. The molecule has 2 amide bonds. The van der Waals surface area contributed by atoms with Crippen molar-refractivity contribution in [1.29, 1.82) is 0 Å². The summed E-state index contributed by atoms with van der Waals surface area (Å²) in [6, 6.07) is 9.52. The molecule has 7 nitrogen and oxygen atoms in total. The molecule has 2 rings (SSSR count). The van der Waals surface area contributed by atoms with Gasteiger partial charge in [-0.25, -0.2) is 4.79 Å². The van der Waals surface area contributed by atoms with Crippen LogP contribution in [0.5, 0.6) is 5.75 Å². The van der Waals surface area contributed by atoms with E-state index in [4.69, 9.17) is 14.2 Å². The Hall–Kier alpha value is -2.28. The van der Waals surface area contributed by atoms with Gasteiger partial charge in [-0.15, -0.1) is 0 Å². The molecule has 1 aliphatic heterocycles. The molecular formula is C20H30N2O5. The van der Waals surface area contributed by atoms with Gasteiger partial charge in [0.05, 0.1) is 6.61 Å². The minimum Gasteiger partial charge on any atom is -0.491 e. The van der Waals surface area contributed by atoms with Gasteiger partial charge in [0.1, 0.15) is 24.6 Å². The summed E-state index contributed by atoms with van der Waals surface area (Å²) in [5.41, 5.74) is -0.496. The number of nitrogens with zero attached hydrogens (tertiary/aromatic N) is 1. The summed E-state index contributed by atoms with van der Waals surface area (Å²) >= 11 is 0. The van der Waals surface area contributed by atoms with Crippen molar-refractivity contribution in [3.05, 3.63) is 30.3 Å². The van der Waals surface area contributed by atoms with Crippen LogP contribution in [0.3, 0.4) is 0 Å². The van der Waals surface area contributed by atoms with Crippen molar-refractivity contribution in [3.8, 4) is 5.75 Å². The molecule has 0 bridgehead atoms. The Bertz CT molecular complexity index is 592. The van der Waals surface area contributed by atoms with Crippen LogP contribution in [0.4, 0.5) is 4.79 Å². The Morgan fingerprint density at radius 3 is 2.41 bits per heavy atom. The second-order valence-electron chi connectivity index (χ2n) is 7.52. The third-order valence-electron chi connectivity index (χ3n) is 3.98.